The molecule has 0 saturated carbocycles. The van der Waals surface area contributed by atoms with Gasteiger partial charge in [-0.05, 0) is 31.0 Å². The normalized spacial score (nSPS) is 11.6. The fourth-order valence-corrected chi connectivity index (χ4v) is 3.31. The third kappa shape index (κ3) is 1.55. The number of imidazole rings is 1. The Morgan fingerprint density at radius 3 is 2.36 bits per heavy atom. The molecule has 2 N–H and O–H groups in total. The first-order valence-electron chi connectivity index (χ1n) is 7.37. The first kappa shape index (κ1) is 13.0. The van der Waals surface area contributed by atoms with Crippen LogP contribution < -0.4 is 5.73 Å². The van der Waals surface area contributed by atoms with Crippen molar-refractivity contribution in [3.8, 4) is 5.69 Å². The average Bonchev–Trinajstić information content (AvgIpc) is 2.96. The standard InChI is InChI=1S/C18H18N4/c1-11-7-6-8-12(2)16(11)22-14-10-5-4-9-13(14)15-17(22)21(3)18(19)20-15/h4-10H,1-3H3,(H2,19,20). The van der Waals surface area contributed by atoms with E-state index in [0.717, 1.165) is 22.1 Å². The molecule has 0 bridgehead atoms. The van der Waals surface area contributed by atoms with Crippen LogP contribution >= 0.6 is 0 Å². The number of para-hydroxylation sites is 2. The van der Waals surface area contributed by atoms with E-state index in [9.17, 15) is 0 Å². The van der Waals surface area contributed by atoms with Gasteiger partial charge in [-0.3, -0.25) is 9.13 Å². The topological polar surface area (TPSA) is 48.8 Å². The molecule has 4 heteroatoms. The van der Waals surface area contributed by atoms with E-state index in [1.165, 1.54) is 16.8 Å². The highest BCUT2D eigenvalue weighted by atomic mass is 15.2. The van der Waals surface area contributed by atoms with Crippen LogP contribution in [0.25, 0.3) is 27.8 Å². The number of nitrogen functional groups attached to an aromatic ring is 1. The van der Waals surface area contributed by atoms with Crippen LogP contribution in [-0.4, -0.2) is 14.1 Å². The first-order valence-corrected chi connectivity index (χ1v) is 7.37. The zero-order chi connectivity index (χ0) is 15.4. The number of fused-ring (bicyclic) bond motifs is 3. The smallest absolute Gasteiger partial charge is 0.202 e. The Hall–Kier alpha value is -2.75. The number of aromatic nitrogens is 3. The van der Waals surface area contributed by atoms with Crippen molar-refractivity contribution in [3.63, 3.8) is 0 Å². The minimum absolute atomic E-state index is 0.538. The lowest BCUT2D eigenvalue weighted by atomic mass is 10.1. The lowest BCUT2D eigenvalue weighted by molar-refractivity contribution is 0.922. The molecule has 4 aromatic rings. The van der Waals surface area contributed by atoms with Crippen LogP contribution in [0.3, 0.4) is 0 Å². The molecule has 0 atom stereocenters. The number of aryl methyl sites for hydroxylation is 3. The summed E-state index contributed by atoms with van der Waals surface area (Å²) < 4.78 is 4.24. The third-order valence-electron chi connectivity index (χ3n) is 4.37. The van der Waals surface area contributed by atoms with E-state index in [2.05, 4.69) is 59.8 Å². The summed E-state index contributed by atoms with van der Waals surface area (Å²) in [7, 11) is 1.97. The quantitative estimate of drug-likeness (QED) is 0.581. The van der Waals surface area contributed by atoms with Gasteiger partial charge in [0.25, 0.3) is 0 Å². The van der Waals surface area contributed by atoms with Crippen LogP contribution in [0.2, 0.25) is 0 Å². The minimum Gasteiger partial charge on any atom is -0.369 e. The van der Waals surface area contributed by atoms with Crippen LogP contribution in [0.4, 0.5) is 5.95 Å². The summed E-state index contributed by atoms with van der Waals surface area (Å²) >= 11 is 0. The van der Waals surface area contributed by atoms with Crippen molar-refractivity contribution in [3.05, 3.63) is 53.6 Å². The van der Waals surface area contributed by atoms with E-state index in [4.69, 9.17) is 5.73 Å². The Morgan fingerprint density at radius 1 is 0.955 bits per heavy atom. The van der Waals surface area contributed by atoms with Crippen molar-refractivity contribution in [1.29, 1.82) is 0 Å². The van der Waals surface area contributed by atoms with Crippen LogP contribution in [-0.2, 0) is 7.05 Å². The van der Waals surface area contributed by atoms with Gasteiger partial charge in [-0.15, -0.1) is 0 Å². The molecule has 2 heterocycles. The molecule has 2 aromatic heterocycles. The summed E-state index contributed by atoms with van der Waals surface area (Å²) in [6.45, 7) is 4.28. The van der Waals surface area contributed by atoms with Gasteiger partial charge in [-0.25, -0.2) is 4.98 Å². The SMILES string of the molecule is Cc1cccc(C)c1-n1c2ccccc2c2nc(N)n(C)c21. The summed E-state index contributed by atoms with van der Waals surface area (Å²) in [5.74, 6) is 0.538. The molecule has 0 unspecified atom stereocenters. The Morgan fingerprint density at radius 2 is 1.64 bits per heavy atom. The molecule has 110 valence electrons. The number of hydrogen-bond donors (Lipinski definition) is 1. The summed E-state index contributed by atoms with van der Waals surface area (Å²) in [4.78, 5) is 4.57. The van der Waals surface area contributed by atoms with Gasteiger partial charge in [0.05, 0.1) is 11.2 Å². The number of rotatable bonds is 1. The Labute approximate surface area is 128 Å². The van der Waals surface area contributed by atoms with Crippen molar-refractivity contribution in [1.82, 2.24) is 14.1 Å². The average molecular weight is 290 g/mol. The molecule has 4 rings (SSSR count). The highest BCUT2D eigenvalue weighted by molar-refractivity contribution is 6.07. The van der Waals surface area contributed by atoms with Gasteiger partial charge in [0.2, 0.25) is 5.95 Å². The predicted molar refractivity (Wildman–Crippen MR) is 91.4 cm³/mol. The molecular weight excluding hydrogens is 272 g/mol. The van der Waals surface area contributed by atoms with Crippen molar-refractivity contribution < 1.29 is 0 Å². The maximum atomic E-state index is 6.05. The maximum absolute atomic E-state index is 6.05. The van der Waals surface area contributed by atoms with E-state index in [-0.39, 0.29) is 0 Å². The van der Waals surface area contributed by atoms with E-state index in [1.807, 2.05) is 17.7 Å². The van der Waals surface area contributed by atoms with E-state index in [0.29, 0.717) is 5.95 Å². The van der Waals surface area contributed by atoms with Crippen LogP contribution in [0.5, 0.6) is 0 Å². The number of anilines is 1. The molecule has 22 heavy (non-hydrogen) atoms. The molecule has 0 spiro atoms. The zero-order valence-electron chi connectivity index (χ0n) is 13.0. The van der Waals surface area contributed by atoms with Gasteiger partial charge in [-0.2, -0.15) is 0 Å². The number of hydrogen-bond acceptors (Lipinski definition) is 2. The van der Waals surface area contributed by atoms with Gasteiger partial charge < -0.3 is 5.73 Å². The van der Waals surface area contributed by atoms with Gasteiger partial charge >= 0.3 is 0 Å². The fraction of sp³-hybridized carbons (Fsp3) is 0.167. The molecule has 4 nitrogen and oxygen atoms in total. The maximum Gasteiger partial charge on any atom is 0.202 e. The monoisotopic (exact) mass is 290 g/mol. The van der Waals surface area contributed by atoms with Crippen LogP contribution in [0, 0.1) is 13.8 Å². The highest BCUT2D eigenvalue weighted by Crippen LogP contribution is 2.34. The van der Waals surface area contributed by atoms with E-state index >= 15 is 0 Å². The van der Waals surface area contributed by atoms with Crippen molar-refractivity contribution in [2.45, 2.75) is 13.8 Å². The van der Waals surface area contributed by atoms with E-state index in [1.54, 1.807) is 0 Å². The lowest BCUT2D eigenvalue weighted by Crippen LogP contribution is -2.05. The number of nitrogens with two attached hydrogens (primary N) is 1. The fourth-order valence-electron chi connectivity index (χ4n) is 3.31. The molecule has 2 aromatic carbocycles. The Bertz CT molecular complexity index is 1000. The first-order chi connectivity index (χ1) is 10.6. The summed E-state index contributed by atoms with van der Waals surface area (Å²) in [5.41, 5.74) is 12.9. The lowest BCUT2D eigenvalue weighted by Gasteiger charge is -2.14. The van der Waals surface area contributed by atoms with Gasteiger partial charge in [-0.1, -0.05) is 36.4 Å². The Balaban J connectivity index is 2.29. The second-order valence-electron chi connectivity index (χ2n) is 5.79. The van der Waals surface area contributed by atoms with Gasteiger partial charge in [0.15, 0.2) is 0 Å². The molecular formula is C18H18N4. The molecule has 0 fully saturated rings. The molecule has 0 saturated heterocycles. The molecule has 0 aliphatic heterocycles. The molecule has 0 aliphatic rings. The summed E-state index contributed by atoms with van der Waals surface area (Å²) in [6, 6.07) is 14.7. The van der Waals surface area contributed by atoms with Gasteiger partial charge in [0.1, 0.15) is 11.2 Å². The minimum atomic E-state index is 0.538. The molecule has 0 amide bonds. The van der Waals surface area contributed by atoms with E-state index < -0.39 is 0 Å². The number of benzene rings is 2. The summed E-state index contributed by atoms with van der Waals surface area (Å²) in [5, 5.41) is 1.13. The van der Waals surface area contributed by atoms with Crippen molar-refractivity contribution >= 4 is 28.0 Å². The third-order valence-corrected chi connectivity index (χ3v) is 4.37. The van der Waals surface area contributed by atoms with Gasteiger partial charge in [0, 0.05) is 12.4 Å². The molecule has 0 radical (unpaired) electrons. The second-order valence-corrected chi connectivity index (χ2v) is 5.79. The van der Waals surface area contributed by atoms with Crippen molar-refractivity contribution in [2.75, 3.05) is 5.73 Å². The van der Waals surface area contributed by atoms with Crippen molar-refractivity contribution in [2.24, 2.45) is 7.05 Å². The Kier molecular flexibility index (Phi) is 2.57. The zero-order valence-corrected chi connectivity index (χ0v) is 13.0. The largest absolute Gasteiger partial charge is 0.369 e. The number of nitrogens with zero attached hydrogens (tertiary/aromatic N) is 3. The van der Waals surface area contributed by atoms with Crippen LogP contribution in [0.15, 0.2) is 42.5 Å². The predicted octanol–water partition coefficient (Wildman–Crippen LogP) is 3.72. The summed E-state index contributed by atoms with van der Waals surface area (Å²) in [6.07, 6.45) is 0. The molecule has 0 aliphatic carbocycles. The van der Waals surface area contributed by atoms with Crippen LogP contribution in [0.1, 0.15) is 11.1 Å². The second kappa shape index (κ2) is 4.37. The highest BCUT2D eigenvalue weighted by Gasteiger charge is 2.19.